The molecule has 0 saturated carbocycles. The molecule has 1 atom stereocenters. The number of hydrogen-bond acceptors (Lipinski definition) is 5. The fourth-order valence-electron chi connectivity index (χ4n) is 1.85. The third kappa shape index (κ3) is 8.21. The maximum atomic E-state index is 12.1. The molecular weight excluding hydrogens is 296 g/mol. The number of esters is 1. The highest BCUT2D eigenvalue weighted by atomic mass is 16.6. The molecule has 0 spiro atoms. The summed E-state index contributed by atoms with van der Waals surface area (Å²) >= 11 is 0. The fourth-order valence-corrected chi connectivity index (χ4v) is 1.85. The molecule has 0 fully saturated rings. The van der Waals surface area contributed by atoms with Crippen molar-refractivity contribution in [2.45, 2.75) is 51.9 Å². The second kappa shape index (κ2) is 9.15. The molecule has 23 heavy (non-hydrogen) atoms. The monoisotopic (exact) mass is 322 g/mol. The van der Waals surface area contributed by atoms with Crippen molar-refractivity contribution in [2.24, 2.45) is 5.73 Å². The molecule has 128 valence electrons. The first-order valence-electron chi connectivity index (χ1n) is 7.72. The number of nitrogens with one attached hydrogen (secondary N) is 1. The molecule has 0 heterocycles. The zero-order chi connectivity index (χ0) is 17.3. The molecule has 0 aromatic heterocycles. The second-order valence-corrected chi connectivity index (χ2v) is 6.22. The van der Waals surface area contributed by atoms with Gasteiger partial charge in [0.25, 0.3) is 0 Å². The SMILES string of the molecule is CC(C)(C)OC(=O)[C@H](CCCN)NC(=O)OCc1ccccc1. The molecule has 1 rings (SSSR count). The smallest absolute Gasteiger partial charge is 0.408 e. The second-order valence-electron chi connectivity index (χ2n) is 6.22. The fraction of sp³-hybridized carbons (Fsp3) is 0.529. The highest BCUT2D eigenvalue weighted by molar-refractivity contribution is 5.81. The lowest BCUT2D eigenvalue weighted by molar-refractivity contribution is -0.157. The van der Waals surface area contributed by atoms with E-state index in [4.69, 9.17) is 15.2 Å². The topological polar surface area (TPSA) is 90.6 Å². The van der Waals surface area contributed by atoms with Crippen molar-refractivity contribution in [3.63, 3.8) is 0 Å². The number of ether oxygens (including phenoxy) is 2. The normalized spacial score (nSPS) is 12.3. The van der Waals surface area contributed by atoms with E-state index in [1.807, 2.05) is 30.3 Å². The molecule has 1 amide bonds. The van der Waals surface area contributed by atoms with Crippen LogP contribution in [0.5, 0.6) is 0 Å². The Morgan fingerprint density at radius 3 is 2.43 bits per heavy atom. The largest absolute Gasteiger partial charge is 0.458 e. The quantitative estimate of drug-likeness (QED) is 0.752. The van der Waals surface area contributed by atoms with Crippen molar-refractivity contribution in [3.8, 4) is 0 Å². The van der Waals surface area contributed by atoms with E-state index >= 15 is 0 Å². The van der Waals surface area contributed by atoms with Gasteiger partial charge >= 0.3 is 12.1 Å². The first-order chi connectivity index (χ1) is 10.8. The number of nitrogens with two attached hydrogens (primary N) is 1. The zero-order valence-electron chi connectivity index (χ0n) is 14.0. The van der Waals surface area contributed by atoms with Crippen molar-refractivity contribution >= 4 is 12.1 Å². The van der Waals surface area contributed by atoms with Gasteiger partial charge in [0.05, 0.1) is 0 Å². The molecule has 0 radical (unpaired) electrons. The van der Waals surface area contributed by atoms with Gasteiger partial charge in [-0.25, -0.2) is 9.59 Å². The van der Waals surface area contributed by atoms with E-state index in [1.54, 1.807) is 20.8 Å². The number of amides is 1. The van der Waals surface area contributed by atoms with Crippen LogP contribution in [0.25, 0.3) is 0 Å². The van der Waals surface area contributed by atoms with E-state index < -0.39 is 23.7 Å². The highest BCUT2D eigenvalue weighted by Gasteiger charge is 2.26. The molecule has 0 unspecified atom stereocenters. The van der Waals surface area contributed by atoms with Crippen LogP contribution < -0.4 is 11.1 Å². The van der Waals surface area contributed by atoms with E-state index in [1.165, 1.54) is 0 Å². The van der Waals surface area contributed by atoms with Crippen LogP contribution in [0.3, 0.4) is 0 Å². The number of carbonyl (C=O) groups is 2. The molecule has 6 nitrogen and oxygen atoms in total. The number of benzene rings is 1. The molecule has 0 aliphatic rings. The molecule has 0 bridgehead atoms. The first kappa shape index (κ1) is 19.0. The van der Waals surface area contributed by atoms with Crippen LogP contribution in [-0.2, 0) is 20.9 Å². The third-order valence-electron chi connectivity index (χ3n) is 2.89. The minimum Gasteiger partial charge on any atom is -0.458 e. The molecule has 1 aromatic carbocycles. The van der Waals surface area contributed by atoms with Gasteiger partial charge in [0.15, 0.2) is 0 Å². The Labute approximate surface area is 137 Å². The average molecular weight is 322 g/mol. The van der Waals surface area contributed by atoms with Gasteiger partial charge in [-0.15, -0.1) is 0 Å². The van der Waals surface area contributed by atoms with Crippen molar-refractivity contribution in [2.75, 3.05) is 6.54 Å². The minimum absolute atomic E-state index is 0.143. The number of hydrogen-bond donors (Lipinski definition) is 2. The van der Waals surface area contributed by atoms with E-state index in [2.05, 4.69) is 5.32 Å². The van der Waals surface area contributed by atoms with Gasteiger partial charge in [0.2, 0.25) is 0 Å². The van der Waals surface area contributed by atoms with Gasteiger partial charge in [-0.3, -0.25) is 0 Å². The first-order valence-corrected chi connectivity index (χ1v) is 7.72. The molecule has 0 aliphatic heterocycles. The van der Waals surface area contributed by atoms with Crippen molar-refractivity contribution in [1.82, 2.24) is 5.32 Å². The summed E-state index contributed by atoms with van der Waals surface area (Å²) < 4.78 is 10.4. The Morgan fingerprint density at radius 2 is 1.87 bits per heavy atom. The highest BCUT2D eigenvalue weighted by Crippen LogP contribution is 2.11. The van der Waals surface area contributed by atoms with E-state index in [0.29, 0.717) is 19.4 Å². The molecule has 1 aromatic rings. The third-order valence-corrected chi connectivity index (χ3v) is 2.89. The average Bonchev–Trinajstić information content (AvgIpc) is 2.48. The van der Waals surface area contributed by atoms with Crippen LogP contribution in [0.1, 0.15) is 39.2 Å². The van der Waals surface area contributed by atoms with Crippen LogP contribution in [0.4, 0.5) is 4.79 Å². The number of alkyl carbamates (subject to hydrolysis) is 1. The maximum absolute atomic E-state index is 12.1. The summed E-state index contributed by atoms with van der Waals surface area (Å²) in [6.07, 6.45) is 0.357. The van der Waals surface area contributed by atoms with Gasteiger partial charge in [0.1, 0.15) is 18.2 Å². The molecular formula is C17H26N2O4. The Kier molecular flexibility index (Phi) is 7.54. The van der Waals surface area contributed by atoms with E-state index in [9.17, 15) is 9.59 Å². The maximum Gasteiger partial charge on any atom is 0.408 e. The Bertz CT molecular complexity index is 497. The zero-order valence-corrected chi connectivity index (χ0v) is 14.0. The minimum atomic E-state index is -0.763. The van der Waals surface area contributed by atoms with Crippen molar-refractivity contribution < 1.29 is 19.1 Å². The van der Waals surface area contributed by atoms with Gasteiger partial charge in [-0.2, -0.15) is 0 Å². The summed E-state index contributed by atoms with van der Waals surface area (Å²) in [6.45, 7) is 5.90. The molecule has 0 aliphatic carbocycles. The van der Waals surface area contributed by atoms with Crippen LogP contribution in [0.2, 0.25) is 0 Å². The van der Waals surface area contributed by atoms with Gasteiger partial charge in [-0.1, -0.05) is 30.3 Å². The van der Waals surface area contributed by atoms with Crippen molar-refractivity contribution in [3.05, 3.63) is 35.9 Å². The van der Waals surface area contributed by atoms with Crippen LogP contribution >= 0.6 is 0 Å². The summed E-state index contributed by atoms with van der Waals surface area (Å²) in [4.78, 5) is 24.0. The van der Waals surface area contributed by atoms with Crippen LogP contribution in [0.15, 0.2) is 30.3 Å². The Hall–Kier alpha value is -2.08. The van der Waals surface area contributed by atoms with Gasteiger partial charge < -0.3 is 20.5 Å². The Morgan fingerprint density at radius 1 is 1.22 bits per heavy atom. The molecule has 6 heteroatoms. The van der Waals surface area contributed by atoms with E-state index in [0.717, 1.165) is 5.56 Å². The summed E-state index contributed by atoms with van der Waals surface area (Å²) in [7, 11) is 0. The number of carbonyl (C=O) groups excluding carboxylic acids is 2. The lowest BCUT2D eigenvalue weighted by Crippen LogP contribution is -2.44. The lowest BCUT2D eigenvalue weighted by Gasteiger charge is -2.24. The summed E-state index contributed by atoms with van der Waals surface area (Å²) in [5.41, 5.74) is 5.73. The van der Waals surface area contributed by atoms with Crippen LogP contribution in [0, 0.1) is 0 Å². The van der Waals surface area contributed by atoms with Gasteiger partial charge in [-0.05, 0) is 45.7 Å². The summed E-state index contributed by atoms with van der Waals surface area (Å²) in [6, 6.07) is 8.55. The van der Waals surface area contributed by atoms with E-state index in [-0.39, 0.29) is 6.61 Å². The Balaban J connectivity index is 2.54. The molecule has 3 N–H and O–H groups in total. The summed E-state index contributed by atoms with van der Waals surface area (Å²) in [5.74, 6) is -0.484. The predicted octanol–water partition coefficient (Wildman–Crippen LogP) is 2.36. The standard InChI is InChI=1S/C17H26N2O4/c1-17(2,3)23-15(20)14(10-7-11-18)19-16(21)22-12-13-8-5-4-6-9-13/h4-6,8-9,14H,7,10-12,18H2,1-3H3,(H,19,21)/t14-/m0/s1. The lowest BCUT2D eigenvalue weighted by atomic mass is 10.1. The van der Waals surface area contributed by atoms with Gasteiger partial charge in [0, 0.05) is 0 Å². The van der Waals surface area contributed by atoms with Crippen molar-refractivity contribution in [1.29, 1.82) is 0 Å². The summed E-state index contributed by atoms with van der Waals surface area (Å²) in [5, 5.41) is 2.55. The number of rotatable bonds is 7. The van der Waals surface area contributed by atoms with Crippen LogP contribution in [-0.4, -0.2) is 30.3 Å². The predicted molar refractivity (Wildman–Crippen MR) is 87.7 cm³/mol. The molecule has 0 saturated heterocycles.